The molecule has 0 fully saturated rings. The van der Waals surface area contributed by atoms with Crippen LogP contribution in [0.15, 0.2) is 48.5 Å². The number of rotatable bonds is 5. The second-order valence-corrected chi connectivity index (χ2v) is 6.32. The number of nitro groups is 1. The molecule has 0 bridgehead atoms. The lowest BCUT2D eigenvalue weighted by Gasteiger charge is -2.24. The fourth-order valence-electron chi connectivity index (χ4n) is 2.23. The maximum atomic E-state index is 12.4. The van der Waals surface area contributed by atoms with Crippen molar-refractivity contribution in [1.82, 2.24) is 4.90 Å². The molecule has 0 unspecified atom stereocenters. The highest BCUT2D eigenvalue weighted by molar-refractivity contribution is 6.35. The Morgan fingerprint density at radius 3 is 2.60 bits per heavy atom. The van der Waals surface area contributed by atoms with Crippen molar-refractivity contribution < 1.29 is 9.72 Å². The lowest BCUT2D eigenvalue weighted by Crippen LogP contribution is -2.28. The van der Waals surface area contributed by atoms with Gasteiger partial charge in [-0.3, -0.25) is 14.9 Å². The van der Waals surface area contributed by atoms with E-state index in [1.165, 1.54) is 23.1 Å². The summed E-state index contributed by atoms with van der Waals surface area (Å²) in [6.45, 7) is 1.81. The van der Waals surface area contributed by atoms with Gasteiger partial charge in [-0.25, -0.2) is 0 Å². The zero-order valence-electron chi connectivity index (χ0n) is 13.6. The van der Waals surface area contributed by atoms with Crippen LogP contribution < -0.4 is 0 Å². The summed E-state index contributed by atoms with van der Waals surface area (Å²) < 4.78 is 0. The number of nitro benzene ring substituents is 1. The van der Waals surface area contributed by atoms with E-state index in [1.54, 1.807) is 50.4 Å². The maximum absolute atomic E-state index is 12.4. The number of hydrogen-bond acceptors (Lipinski definition) is 3. The fourth-order valence-corrected chi connectivity index (χ4v) is 2.70. The van der Waals surface area contributed by atoms with E-state index in [0.717, 1.165) is 0 Å². The van der Waals surface area contributed by atoms with Crippen molar-refractivity contribution in [3.05, 3.63) is 79.8 Å². The Hall–Kier alpha value is -2.37. The molecule has 0 saturated heterocycles. The zero-order valence-corrected chi connectivity index (χ0v) is 15.2. The summed E-state index contributed by atoms with van der Waals surface area (Å²) in [6.07, 6.45) is 3.01. The smallest absolute Gasteiger partial charge is 0.269 e. The van der Waals surface area contributed by atoms with Gasteiger partial charge in [0.15, 0.2) is 0 Å². The van der Waals surface area contributed by atoms with Gasteiger partial charge in [-0.15, -0.1) is 0 Å². The second kappa shape index (κ2) is 8.14. The SMILES string of the molecule is C[C@H](c1cccc([N+](=O)[O-])c1)N(C)C(=O)/C=C/c1ccc(Cl)cc1Cl. The van der Waals surface area contributed by atoms with Crippen LogP contribution in [0.1, 0.15) is 24.1 Å². The average molecular weight is 379 g/mol. The van der Waals surface area contributed by atoms with Gasteiger partial charge >= 0.3 is 0 Å². The van der Waals surface area contributed by atoms with E-state index in [-0.39, 0.29) is 17.6 Å². The lowest BCUT2D eigenvalue weighted by molar-refractivity contribution is -0.384. The van der Waals surface area contributed by atoms with Crippen molar-refractivity contribution in [2.45, 2.75) is 13.0 Å². The third kappa shape index (κ3) is 4.81. The van der Waals surface area contributed by atoms with Crippen LogP contribution in [-0.4, -0.2) is 22.8 Å². The monoisotopic (exact) mass is 378 g/mol. The van der Waals surface area contributed by atoms with Crippen molar-refractivity contribution in [2.24, 2.45) is 0 Å². The molecule has 0 aliphatic heterocycles. The molecule has 0 N–H and O–H groups in total. The first-order chi connectivity index (χ1) is 11.8. The van der Waals surface area contributed by atoms with E-state index in [0.29, 0.717) is 21.2 Å². The van der Waals surface area contributed by atoms with Gasteiger partial charge in [0.05, 0.1) is 11.0 Å². The van der Waals surface area contributed by atoms with Gasteiger partial charge in [0, 0.05) is 35.3 Å². The maximum Gasteiger partial charge on any atom is 0.269 e. The first kappa shape index (κ1) is 19.0. The number of carbonyl (C=O) groups is 1. The van der Waals surface area contributed by atoms with E-state index in [9.17, 15) is 14.9 Å². The van der Waals surface area contributed by atoms with Gasteiger partial charge in [0.2, 0.25) is 5.91 Å². The van der Waals surface area contributed by atoms with Crippen molar-refractivity contribution in [1.29, 1.82) is 0 Å². The largest absolute Gasteiger partial charge is 0.335 e. The molecule has 5 nitrogen and oxygen atoms in total. The van der Waals surface area contributed by atoms with Crippen LogP contribution in [-0.2, 0) is 4.79 Å². The molecular formula is C18H16Cl2N2O3. The van der Waals surface area contributed by atoms with Crippen molar-refractivity contribution in [3.63, 3.8) is 0 Å². The Morgan fingerprint density at radius 2 is 1.96 bits per heavy atom. The van der Waals surface area contributed by atoms with Gasteiger partial charge in [-0.2, -0.15) is 0 Å². The molecule has 130 valence electrons. The number of likely N-dealkylation sites (N-methyl/N-ethyl adjacent to an activating group) is 1. The van der Waals surface area contributed by atoms with Crippen molar-refractivity contribution >= 4 is 40.9 Å². The third-order valence-electron chi connectivity index (χ3n) is 3.86. The Bertz CT molecular complexity index is 837. The molecule has 0 aromatic heterocycles. The van der Waals surface area contributed by atoms with Gasteiger partial charge in [0.25, 0.3) is 5.69 Å². The minimum Gasteiger partial charge on any atom is -0.335 e. The normalized spacial score (nSPS) is 12.2. The summed E-state index contributed by atoms with van der Waals surface area (Å²) in [7, 11) is 1.64. The summed E-state index contributed by atoms with van der Waals surface area (Å²) in [5.41, 5.74) is 1.35. The van der Waals surface area contributed by atoms with Crippen LogP contribution in [0.3, 0.4) is 0 Å². The van der Waals surface area contributed by atoms with Crippen LogP contribution in [0.5, 0.6) is 0 Å². The van der Waals surface area contributed by atoms with Crippen LogP contribution >= 0.6 is 23.2 Å². The summed E-state index contributed by atoms with van der Waals surface area (Å²) >= 11 is 11.9. The highest BCUT2D eigenvalue weighted by Gasteiger charge is 2.17. The highest BCUT2D eigenvalue weighted by atomic mass is 35.5. The molecule has 0 radical (unpaired) electrons. The molecule has 0 heterocycles. The van der Waals surface area contributed by atoms with Crippen LogP contribution in [0.25, 0.3) is 6.08 Å². The highest BCUT2D eigenvalue weighted by Crippen LogP contribution is 2.24. The minimum atomic E-state index is -0.458. The molecule has 2 aromatic rings. The Balaban J connectivity index is 2.14. The molecule has 1 amide bonds. The number of hydrogen-bond donors (Lipinski definition) is 0. The van der Waals surface area contributed by atoms with E-state index in [4.69, 9.17) is 23.2 Å². The van der Waals surface area contributed by atoms with Gasteiger partial charge in [-0.1, -0.05) is 41.4 Å². The van der Waals surface area contributed by atoms with Crippen LogP contribution in [0.4, 0.5) is 5.69 Å². The van der Waals surface area contributed by atoms with Gasteiger partial charge in [-0.05, 0) is 36.3 Å². The first-order valence-corrected chi connectivity index (χ1v) is 8.19. The zero-order chi connectivity index (χ0) is 18.6. The second-order valence-electron chi connectivity index (χ2n) is 5.48. The number of nitrogens with zero attached hydrogens (tertiary/aromatic N) is 2. The summed E-state index contributed by atoms with van der Waals surface area (Å²) in [5.74, 6) is -0.245. The van der Waals surface area contributed by atoms with E-state index >= 15 is 0 Å². The van der Waals surface area contributed by atoms with E-state index in [2.05, 4.69) is 0 Å². The quantitative estimate of drug-likeness (QED) is 0.411. The average Bonchev–Trinajstić information content (AvgIpc) is 2.59. The standard InChI is InChI=1S/C18H16Cl2N2O3/c1-12(14-4-3-5-16(10-14)22(24)25)21(2)18(23)9-7-13-6-8-15(19)11-17(13)20/h3-12H,1-2H3/b9-7+/t12-/m1/s1. The first-order valence-electron chi connectivity index (χ1n) is 7.44. The number of amides is 1. The molecule has 2 rings (SSSR count). The number of non-ortho nitro benzene ring substituents is 1. The predicted octanol–water partition coefficient (Wildman–Crippen LogP) is 5.13. The third-order valence-corrected chi connectivity index (χ3v) is 4.42. The Morgan fingerprint density at radius 1 is 1.24 bits per heavy atom. The number of halogens is 2. The molecule has 0 spiro atoms. The van der Waals surface area contributed by atoms with Crippen molar-refractivity contribution in [2.75, 3.05) is 7.05 Å². The fraction of sp³-hybridized carbons (Fsp3) is 0.167. The van der Waals surface area contributed by atoms with Gasteiger partial charge in [0.1, 0.15) is 0 Å². The van der Waals surface area contributed by atoms with Gasteiger partial charge < -0.3 is 4.90 Å². The molecule has 2 aromatic carbocycles. The molecule has 25 heavy (non-hydrogen) atoms. The topological polar surface area (TPSA) is 63.5 Å². The predicted molar refractivity (Wildman–Crippen MR) is 99.8 cm³/mol. The van der Waals surface area contributed by atoms with E-state index in [1.807, 2.05) is 0 Å². The van der Waals surface area contributed by atoms with Crippen LogP contribution in [0, 0.1) is 10.1 Å². The molecule has 0 aliphatic rings. The molecule has 0 saturated carbocycles. The number of benzene rings is 2. The minimum absolute atomic E-state index is 0.00585. The molecule has 7 heteroatoms. The Kier molecular flexibility index (Phi) is 6.17. The Labute approximate surface area is 155 Å². The molecule has 0 aliphatic carbocycles. The summed E-state index contributed by atoms with van der Waals surface area (Å²) in [6, 6.07) is 10.9. The molecule has 1 atom stereocenters. The van der Waals surface area contributed by atoms with E-state index < -0.39 is 4.92 Å². The van der Waals surface area contributed by atoms with Crippen molar-refractivity contribution in [3.8, 4) is 0 Å². The van der Waals surface area contributed by atoms with Crippen LogP contribution in [0.2, 0.25) is 10.0 Å². The lowest BCUT2D eigenvalue weighted by atomic mass is 10.1. The summed E-state index contributed by atoms with van der Waals surface area (Å²) in [4.78, 5) is 24.3. The molecular weight excluding hydrogens is 363 g/mol. The number of carbonyl (C=O) groups excluding carboxylic acids is 1. The summed E-state index contributed by atoms with van der Waals surface area (Å²) in [5, 5.41) is 11.9.